The molecule has 156 valence electrons. The molecule has 1 saturated heterocycles. The van der Waals surface area contributed by atoms with E-state index in [9.17, 15) is 9.59 Å². The molecule has 1 atom stereocenters. The van der Waals surface area contributed by atoms with Gasteiger partial charge in [0.2, 0.25) is 0 Å². The zero-order valence-corrected chi connectivity index (χ0v) is 17.6. The molecule has 30 heavy (non-hydrogen) atoms. The van der Waals surface area contributed by atoms with Gasteiger partial charge in [-0.3, -0.25) is 9.59 Å². The normalized spacial score (nSPS) is 16.5. The molecule has 0 aliphatic carbocycles. The summed E-state index contributed by atoms with van der Waals surface area (Å²) in [5, 5.41) is 8.21. The number of aromatic nitrogens is 4. The smallest absolute Gasteiger partial charge is 0.267 e. The Labute approximate surface area is 177 Å². The van der Waals surface area contributed by atoms with Gasteiger partial charge in [0, 0.05) is 19.0 Å². The Morgan fingerprint density at radius 3 is 2.70 bits per heavy atom. The van der Waals surface area contributed by atoms with Crippen molar-refractivity contribution in [2.75, 3.05) is 25.9 Å². The second kappa shape index (κ2) is 8.23. The zero-order chi connectivity index (χ0) is 21.3. The third-order valence-electron chi connectivity index (χ3n) is 5.31. The first kappa shape index (κ1) is 20.0. The van der Waals surface area contributed by atoms with Crippen LogP contribution >= 0.6 is 11.5 Å². The Bertz CT molecular complexity index is 1070. The summed E-state index contributed by atoms with van der Waals surface area (Å²) in [4.78, 5) is 28.2. The van der Waals surface area contributed by atoms with Gasteiger partial charge in [-0.25, -0.2) is 4.68 Å². The average molecular weight is 427 g/mol. The predicted molar refractivity (Wildman–Crippen MR) is 112 cm³/mol. The number of hydrogen-bond donors (Lipinski definition) is 1. The number of hydrogen-bond acceptors (Lipinski definition) is 8. The number of amides is 1. The van der Waals surface area contributed by atoms with Crippen LogP contribution in [0, 0.1) is 12.8 Å². The lowest BCUT2D eigenvalue weighted by Gasteiger charge is -2.31. The van der Waals surface area contributed by atoms with Crippen LogP contribution in [0.3, 0.4) is 0 Å². The molecule has 0 saturated carbocycles. The molecule has 1 amide bonds. The van der Waals surface area contributed by atoms with Crippen molar-refractivity contribution in [1.29, 1.82) is 0 Å². The van der Waals surface area contributed by atoms with E-state index in [1.807, 2.05) is 12.1 Å². The van der Waals surface area contributed by atoms with Gasteiger partial charge in [-0.05, 0) is 55.6 Å². The molecule has 9 nitrogen and oxygen atoms in total. The molecule has 1 unspecified atom stereocenters. The number of piperidine rings is 1. The highest BCUT2D eigenvalue weighted by atomic mass is 32.1. The van der Waals surface area contributed by atoms with Crippen molar-refractivity contribution in [3.63, 3.8) is 0 Å². The van der Waals surface area contributed by atoms with Crippen LogP contribution in [0.1, 0.15) is 38.6 Å². The van der Waals surface area contributed by atoms with Gasteiger partial charge in [0.25, 0.3) is 5.91 Å². The number of nitrogens with zero attached hydrogens (tertiary/aromatic N) is 5. The first-order valence-corrected chi connectivity index (χ1v) is 10.4. The Kier molecular flexibility index (Phi) is 5.49. The number of methoxy groups -OCH3 is 1. The lowest BCUT2D eigenvalue weighted by atomic mass is 9.90. The van der Waals surface area contributed by atoms with Crippen LogP contribution in [0.4, 0.5) is 5.82 Å². The number of anilines is 1. The molecule has 0 bridgehead atoms. The summed E-state index contributed by atoms with van der Waals surface area (Å²) in [7, 11) is 1.60. The molecule has 3 heterocycles. The molecule has 2 N–H and O–H groups in total. The molecule has 0 radical (unpaired) electrons. The van der Waals surface area contributed by atoms with E-state index in [-0.39, 0.29) is 23.4 Å². The molecule has 1 aromatic carbocycles. The van der Waals surface area contributed by atoms with Gasteiger partial charge in [0.05, 0.1) is 30.3 Å². The van der Waals surface area contributed by atoms with Crippen LogP contribution in [-0.4, -0.2) is 56.2 Å². The summed E-state index contributed by atoms with van der Waals surface area (Å²) in [6.45, 7) is 2.72. The predicted octanol–water partition coefficient (Wildman–Crippen LogP) is 2.36. The van der Waals surface area contributed by atoms with Gasteiger partial charge in [-0.2, -0.15) is 5.10 Å². The summed E-state index contributed by atoms with van der Waals surface area (Å²) in [6.07, 6.45) is 2.95. The number of likely N-dealkylation sites (tertiary alicyclic amines) is 1. The maximum absolute atomic E-state index is 13.2. The Hall–Kier alpha value is -3.27. The molecule has 10 heteroatoms. The zero-order valence-electron chi connectivity index (χ0n) is 16.7. The van der Waals surface area contributed by atoms with E-state index in [2.05, 4.69) is 14.7 Å². The highest BCUT2D eigenvalue weighted by Gasteiger charge is 2.32. The van der Waals surface area contributed by atoms with Crippen molar-refractivity contribution in [2.45, 2.75) is 19.8 Å². The maximum Gasteiger partial charge on any atom is 0.267 e. The number of Topliss-reactive ketones (excluding diaryl/α,β-unsaturated/α-hetero) is 1. The summed E-state index contributed by atoms with van der Waals surface area (Å²) >= 11 is 1.08. The van der Waals surface area contributed by atoms with Gasteiger partial charge in [0.1, 0.15) is 16.4 Å². The van der Waals surface area contributed by atoms with E-state index in [1.165, 1.54) is 10.9 Å². The van der Waals surface area contributed by atoms with Crippen molar-refractivity contribution in [3.05, 3.63) is 46.6 Å². The molecule has 0 spiro atoms. The second-order valence-corrected chi connectivity index (χ2v) is 7.95. The van der Waals surface area contributed by atoms with Crippen molar-refractivity contribution in [2.24, 2.45) is 5.92 Å². The summed E-state index contributed by atoms with van der Waals surface area (Å²) in [5.74, 6) is 0.473. The number of ketones is 1. The molecule has 1 aliphatic rings. The van der Waals surface area contributed by atoms with Gasteiger partial charge in [0.15, 0.2) is 5.78 Å². The molecular formula is C20H22N6O3S. The van der Waals surface area contributed by atoms with Crippen LogP contribution in [0.15, 0.2) is 30.5 Å². The fourth-order valence-corrected chi connectivity index (χ4v) is 4.27. The number of nitrogen functional groups attached to an aromatic ring is 1. The highest BCUT2D eigenvalue weighted by Crippen LogP contribution is 2.27. The quantitative estimate of drug-likeness (QED) is 0.623. The third kappa shape index (κ3) is 3.65. The van der Waals surface area contributed by atoms with Crippen molar-refractivity contribution in [1.82, 2.24) is 24.3 Å². The lowest BCUT2D eigenvalue weighted by molar-refractivity contribution is 0.0640. The molecular weight excluding hydrogens is 404 g/mol. The van der Waals surface area contributed by atoms with Crippen molar-refractivity contribution in [3.8, 4) is 11.4 Å². The fraction of sp³-hybridized carbons (Fsp3) is 0.350. The van der Waals surface area contributed by atoms with Crippen LogP contribution < -0.4 is 10.5 Å². The van der Waals surface area contributed by atoms with Crippen LogP contribution in [0.2, 0.25) is 0 Å². The molecule has 4 rings (SSSR count). The average Bonchev–Trinajstić information content (AvgIpc) is 3.38. The molecule has 1 aliphatic heterocycles. The van der Waals surface area contributed by atoms with Crippen LogP contribution in [-0.2, 0) is 0 Å². The number of carbonyl (C=O) groups is 2. The lowest BCUT2D eigenvalue weighted by Crippen LogP contribution is -2.42. The minimum Gasteiger partial charge on any atom is -0.497 e. The Morgan fingerprint density at radius 2 is 2.03 bits per heavy atom. The monoisotopic (exact) mass is 426 g/mol. The number of carbonyl (C=O) groups excluding carboxylic acids is 2. The second-order valence-electron chi connectivity index (χ2n) is 7.20. The van der Waals surface area contributed by atoms with Crippen LogP contribution in [0.5, 0.6) is 5.75 Å². The maximum atomic E-state index is 13.2. The van der Waals surface area contributed by atoms with E-state index < -0.39 is 0 Å². The van der Waals surface area contributed by atoms with E-state index in [0.29, 0.717) is 35.6 Å². The molecule has 3 aromatic rings. The molecule has 2 aromatic heterocycles. The number of aryl methyl sites for hydroxylation is 1. The summed E-state index contributed by atoms with van der Waals surface area (Å²) < 4.78 is 10.5. The number of benzene rings is 1. The van der Waals surface area contributed by atoms with Gasteiger partial charge in [-0.15, -0.1) is 5.10 Å². The minimum atomic E-state index is -0.320. The van der Waals surface area contributed by atoms with E-state index in [1.54, 1.807) is 31.1 Å². The topological polar surface area (TPSA) is 116 Å². The van der Waals surface area contributed by atoms with Gasteiger partial charge < -0.3 is 15.4 Å². The van der Waals surface area contributed by atoms with Crippen LogP contribution in [0.25, 0.3) is 5.69 Å². The SMILES string of the molecule is COc1ccc(-n2ncc(C(=O)C3CCCN(C(=O)c4snnc4C)C3)c2N)cc1. The largest absolute Gasteiger partial charge is 0.497 e. The number of rotatable bonds is 5. The van der Waals surface area contributed by atoms with E-state index in [0.717, 1.165) is 29.4 Å². The van der Waals surface area contributed by atoms with Gasteiger partial charge in [-0.1, -0.05) is 4.49 Å². The summed E-state index contributed by atoms with van der Waals surface area (Å²) in [6, 6.07) is 7.25. The van der Waals surface area contributed by atoms with Crippen molar-refractivity contribution >= 4 is 29.0 Å². The Balaban J connectivity index is 1.52. The third-order valence-corrected chi connectivity index (χ3v) is 6.13. The first-order valence-electron chi connectivity index (χ1n) is 9.60. The fourth-order valence-electron chi connectivity index (χ4n) is 3.64. The highest BCUT2D eigenvalue weighted by molar-refractivity contribution is 7.07. The summed E-state index contributed by atoms with van der Waals surface area (Å²) in [5.41, 5.74) is 7.98. The number of nitrogens with two attached hydrogens (primary N) is 1. The van der Waals surface area contributed by atoms with Gasteiger partial charge >= 0.3 is 0 Å². The standard InChI is InChI=1S/C20H22N6O3S/c1-12-18(30-24-23-12)20(28)25-9-3-4-13(11-25)17(27)16-10-22-26(19(16)21)14-5-7-15(29-2)8-6-14/h5-8,10,13H,3-4,9,11,21H2,1-2H3. The minimum absolute atomic E-state index is 0.0936. The first-order chi connectivity index (χ1) is 14.5. The Morgan fingerprint density at radius 1 is 1.27 bits per heavy atom. The number of ether oxygens (including phenoxy) is 1. The van der Waals surface area contributed by atoms with E-state index in [4.69, 9.17) is 10.5 Å². The van der Waals surface area contributed by atoms with Crippen molar-refractivity contribution < 1.29 is 14.3 Å². The molecule has 1 fully saturated rings. The van der Waals surface area contributed by atoms with E-state index >= 15 is 0 Å².